The standard InChI is InChI=1S/C12H9IN4/c1-8-11-15-16-12(9-5-3-2-4-6-9)17(11)10(13)7-14-8/h2-7H,1H3. The molecule has 0 spiro atoms. The number of fused-ring (bicyclic) bond motifs is 1. The molecule has 0 unspecified atom stereocenters. The number of hydrogen-bond donors (Lipinski definition) is 0. The first kappa shape index (κ1) is 10.6. The first-order valence-electron chi connectivity index (χ1n) is 5.19. The van der Waals surface area contributed by atoms with Crippen molar-refractivity contribution >= 4 is 28.2 Å². The molecule has 0 bridgehead atoms. The number of nitrogens with zero attached hydrogens (tertiary/aromatic N) is 4. The Bertz CT molecular complexity index is 676. The van der Waals surface area contributed by atoms with Crippen molar-refractivity contribution in [1.29, 1.82) is 0 Å². The van der Waals surface area contributed by atoms with Crippen LogP contribution in [0.15, 0.2) is 36.5 Å². The quantitative estimate of drug-likeness (QED) is 0.642. The summed E-state index contributed by atoms with van der Waals surface area (Å²) in [4.78, 5) is 4.28. The van der Waals surface area contributed by atoms with Crippen LogP contribution in [0.3, 0.4) is 0 Å². The normalized spacial score (nSPS) is 10.9. The third kappa shape index (κ3) is 1.70. The smallest absolute Gasteiger partial charge is 0.183 e. The van der Waals surface area contributed by atoms with Crippen LogP contribution in [0.25, 0.3) is 17.0 Å². The van der Waals surface area contributed by atoms with Crippen molar-refractivity contribution in [3.05, 3.63) is 45.9 Å². The van der Waals surface area contributed by atoms with E-state index < -0.39 is 0 Å². The van der Waals surface area contributed by atoms with Crippen LogP contribution in [0.2, 0.25) is 0 Å². The van der Waals surface area contributed by atoms with Crippen LogP contribution in [0.4, 0.5) is 0 Å². The molecule has 0 radical (unpaired) electrons. The van der Waals surface area contributed by atoms with E-state index in [1.54, 1.807) is 0 Å². The molecule has 0 aliphatic rings. The lowest BCUT2D eigenvalue weighted by Gasteiger charge is -2.03. The van der Waals surface area contributed by atoms with Crippen LogP contribution in [0.5, 0.6) is 0 Å². The third-order valence-corrected chi connectivity index (χ3v) is 3.36. The molecule has 4 nitrogen and oxygen atoms in total. The summed E-state index contributed by atoms with van der Waals surface area (Å²) in [5.41, 5.74) is 2.76. The molecule has 0 fully saturated rings. The van der Waals surface area contributed by atoms with E-state index in [4.69, 9.17) is 0 Å². The van der Waals surface area contributed by atoms with Gasteiger partial charge in [0.15, 0.2) is 11.5 Å². The first-order valence-corrected chi connectivity index (χ1v) is 6.27. The van der Waals surface area contributed by atoms with Crippen molar-refractivity contribution in [3.63, 3.8) is 0 Å². The second kappa shape index (κ2) is 4.06. The first-order chi connectivity index (χ1) is 8.27. The van der Waals surface area contributed by atoms with Gasteiger partial charge in [-0.2, -0.15) is 0 Å². The maximum atomic E-state index is 4.28. The molecule has 84 valence electrons. The summed E-state index contributed by atoms with van der Waals surface area (Å²) in [6.07, 6.45) is 1.83. The highest BCUT2D eigenvalue weighted by Crippen LogP contribution is 2.21. The number of aromatic nitrogens is 4. The van der Waals surface area contributed by atoms with Crippen molar-refractivity contribution in [2.24, 2.45) is 0 Å². The molecule has 0 saturated heterocycles. The summed E-state index contributed by atoms with van der Waals surface area (Å²) < 4.78 is 3.03. The van der Waals surface area contributed by atoms with E-state index in [0.717, 1.165) is 26.4 Å². The molecule has 5 heteroatoms. The molecular weight excluding hydrogens is 327 g/mol. The molecular formula is C12H9IN4. The lowest BCUT2D eigenvalue weighted by atomic mass is 10.2. The Morgan fingerprint density at radius 2 is 1.88 bits per heavy atom. The second-order valence-corrected chi connectivity index (χ2v) is 4.82. The van der Waals surface area contributed by atoms with Gasteiger partial charge in [0.05, 0.1) is 11.9 Å². The van der Waals surface area contributed by atoms with E-state index in [9.17, 15) is 0 Å². The van der Waals surface area contributed by atoms with E-state index in [2.05, 4.69) is 37.8 Å². The Balaban J connectivity index is 2.36. The van der Waals surface area contributed by atoms with Crippen LogP contribution < -0.4 is 0 Å². The van der Waals surface area contributed by atoms with Crippen molar-refractivity contribution in [2.75, 3.05) is 0 Å². The van der Waals surface area contributed by atoms with Crippen LogP contribution in [-0.2, 0) is 0 Å². The molecule has 0 saturated carbocycles. The van der Waals surface area contributed by atoms with Crippen LogP contribution in [0.1, 0.15) is 5.69 Å². The number of rotatable bonds is 1. The van der Waals surface area contributed by atoms with Crippen LogP contribution in [0, 0.1) is 10.6 Å². The number of halogens is 1. The van der Waals surface area contributed by atoms with Crippen molar-refractivity contribution in [1.82, 2.24) is 19.6 Å². The van der Waals surface area contributed by atoms with Gasteiger partial charge >= 0.3 is 0 Å². The Morgan fingerprint density at radius 1 is 1.12 bits per heavy atom. The zero-order valence-corrected chi connectivity index (χ0v) is 11.3. The predicted octanol–water partition coefficient (Wildman–Crippen LogP) is 2.70. The molecule has 3 aromatic rings. The molecule has 2 heterocycles. The molecule has 1 aromatic carbocycles. The highest BCUT2D eigenvalue weighted by Gasteiger charge is 2.12. The average molecular weight is 336 g/mol. The van der Waals surface area contributed by atoms with Gasteiger partial charge in [0.1, 0.15) is 3.70 Å². The molecule has 0 aliphatic carbocycles. The Labute approximate surface area is 112 Å². The van der Waals surface area contributed by atoms with E-state index in [0.29, 0.717) is 0 Å². The summed E-state index contributed by atoms with van der Waals surface area (Å²) >= 11 is 2.24. The van der Waals surface area contributed by atoms with Crippen molar-refractivity contribution in [2.45, 2.75) is 6.92 Å². The molecule has 0 atom stereocenters. The minimum absolute atomic E-state index is 0.816. The zero-order chi connectivity index (χ0) is 11.8. The fraction of sp³-hybridized carbons (Fsp3) is 0.0833. The topological polar surface area (TPSA) is 43.1 Å². The number of benzene rings is 1. The highest BCUT2D eigenvalue weighted by molar-refractivity contribution is 14.1. The number of aryl methyl sites for hydroxylation is 1. The van der Waals surface area contributed by atoms with Gasteiger partial charge in [-0.15, -0.1) is 10.2 Å². The summed E-state index contributed by atoms with van der Waals surface area (Å²) in [5, 5.41) is 8.46. The summed E-state index contributed by atoms with van der Waals surface area (Å²) in [7, 11) is 0. The Hall–Kier alpha value is -1.50. The molecule has 17 heavy (non-hydrogen) atoms. The monoisotopic (exact) mass is 336 g/mol. The zero-order valence-electron chi connectivity index (χ0n) is 9.13. The van der Waals surface area contributed by atoms with Gasteiger partial charge in [-0.25, -0.2) is 0 Å². The highest BCUT2D eigenvalue weighted by atomic mass is 127. The average Bonchev–Trinajstić information content (AvgIpc) is 2.81. The molecule has 0 amide bonds. The largest absolute Gasteiger partial charge is 0.267 e. The lowest BCUT2D eigenvalue weighted by Crippen LogP contribution is -1.98. The van der Waals surface area contributed by atoms with Gasteiger partial charge in [0.2, 0.25) is 0 Å². The van der Waals surface area contributed by atoms with E-state index in [1.165, 1.54) is 0 Å². The fourth-order valence-corrected chi connectivity index (χ4v) is 2.36. The predicted molar refractivity (Wildman–Crippen MR) is 73.7 cm³/mol. The van der Waals surface area contributed by atoms with Crippen molar-refractivity contribution in [3.8, 4) is 11.4 Å². The SMILES string of the molecule is Cc1ncc(I)n2c(-c3ccccc3)nnc12. The van der Waals surface area contributed by atoms with Crippen LogP contribution >= 0.6 is 22.6 Å². The minimum Gasteiger partial charge on any atom is -0.267 e. The van der Waals surface area contributed by atoms with Crippen molar-refractivity contribution < 1.29 is 0 Å². The van der Waals surface area contributed by atoms with Gasteiger partial charge in [-0.05, 0) is 29.5 Å². The Kier molecular flexibility index (Phi) is 2.54. The van der Waals surface area contributed by atoms with Gasteiger partial charge in [-0.3, -0.25) is 9.38 Å². The summed E-state index contributed by atoms with van der Waals surface area (Å²) in [6, 6.07) is 10.0. The Morgan fingerprint density at radius 3 is 2.65 bits per heavy atom. The van der Waals surface area contributed by atoms with E-state index >= 15 is 0 Å². The van der Waals surface area contributed by atoms with E-state index in [-0.39, 0.29) is 0 Å². The lowest BCUT2D eigenvalue weighted by molar-refractivity contribution is 1.05. The minimum atomic E-state index is 0.816. The molecule has 3 rings (SSSR count). The van der Waals surface area contributed by atoms with Gasteiger partial charge in [0, 0.05) is 5.56 Å². The third-order valence-electron chi connectivity index (χ3n) is 2.60. The fourth-order valence-electron chi connectivity index (χ4n) is 1.76. The van der Waals surface area contributed by atoms with Gasteiger partial charge in [0.25, 0.3) is 0 Å². The van der Waals surface area contributed by atoms with Gasteiger partial charge < -0.3 is 0 Å². The number of hydrogen-bond acceptors (Lipinski definition) is 3. The molecule has 0 aliphatic heterocycles. The molecule has 2 aromatic heterocycles. The maximum Gasteiger partial charge on any atom is 0.183 e. The van der Waals surface area contributed by atoms with Crippen LogP contribution in [-0.4, -0.2) is 19.6 Å². The molecule has 0 N–H and O–H groups in total. The van der Waals surface area contributed by atoms with Gasteiger partial charge in [-0.1, -0.05) is 30.3 Å². The summed E-state index contributed by atoms with van der Waals surface area (Å²) in [5.74, 6) is 0.857. The maximum absolute atomic E-state index is 4.28. The van der Waals surface area contributed by atoms with E-state index in [1.807, 2.05) is 47.9 Å². The summed E-state index contributed by atoms with van der Waals surface area (Å²) in [6.45, 7) is 1.94. The second-order valence-electron chi connectivity index (χ2n) is 3.71.